The van der Waals surface area contributed by atoms with Crippen molar-refractivity contribution in [3.63, 3.8) is 0 Å². The van der Waals surface area contributed by atoms with Crippen LogP contribution in [0, 0.1) is 5.92 Å². The minimum atomic E-state index is -0.167. The third-order valence-electron chi connectivity index (χ3n) is 4.81. The van der Waals surface area contributed by atoms with Gasteiger partial charge in [-0.3, -0.25) is 14.9 Å². The molecule has 3 rings (SSSR count). The molecule has 1 atom stereocenters. The Hall–Kier alpha value is -2.37. The number of amides is 2. The van der Waals surface area contributed by atoms with E-state index in [0.717, 1.165) is 43.4 Å². The van der Waals surface area contributed by atoms with Gasteiger partial charge in [0.15, 0.2) is 0 Å². The number of imidazole rings is 1. The first-order chi connectivity index (χ1) is 12.1. The number of nitrogens with zero attached hydrogens (tertiary/aromatic N) is 3. The van der Waals surface area contributed by atoms with Crippen molar-refractivity contribution >= 4 is 28.8 Å². The van der Waals surface area contributed by atoms with Gasteiger partial charge in [0.05, 0.1) is 17.0 Å². The highest BCUT2D eigenvalue weighted by Crippen LogP contribution is 2.22. The maximum Gasteiger partial charge on any atom is 0.231 e. The van der Waals surface area contributed by atoms with Crippen LogP contribution in [0.5, 0.6) is 0 Å². The molecule has 6 heteroatoms. The average molecular weight is 342 g/mol. The number of rotatable bonds is 5. The van der Waals surface area contributed by atoms with E-state index < -0.39 is 0 Å². The van der Waals surface area contributed by atoms with E-state index in [4.69, 9.17) is 0 Å². The lowest BCUT2D eigenvalue weighted by Gasteiger charge is -2.32. The second-order valence-corrected chi connectivity index (χ2v) is 6.59. The number of aryl methyl sites for hydroxylation is 1. The fraction of sp³-hybridized carbons (Fsp3) is 0.526. The zero-order valence-electron chi connectivity index (χ0n) is 15.0. The lowest BCUT2D eigenvalue weighted by atomic mass is 9.97. The summed E-state index contributed by atoms with van der Waals surface area (Å²) in [6.07, 6.45) is 3.08. The molecule has 2 heterocycles. The number of fused-ring (bicyclic) bond motifs is 1. The molecule has 1 fully saturated rings. The van der Waals surface area contributed by atoms with Crippen LogP contribution >= 0.6 is 0 Å². The topological polar surface area (TPSA) is 67.2 Å². The van der Waals surface area contributed by atoms with Gasteiger partial charge in [-0.25, -0.2) is 4.98 Å². The fourth-order valence-electron chi connectivity index (χ4n) is 3.49. The second kappa shape index (κ2) is 7.68. The summed E-state index contributed by atoms with van der Waals surface area (Å²) < 4.78 is 2.01. The third kappa shape index (κ3) is 3.67. The van der Waals surface area contributed by atoms with E-state index in [9.17, 15) is 9.59 Å². The highest BCUT2D eigenvalue weighted by molar-refractivity contribution is 5.93. The lowest BCUT2D eigenvalue weighted by Crippen LogP contribution is -2.43. The SMILES string of the molecule is CCCC(=O)N1CCC[C@@H](C(=O)Nc2nc3ccccc3n2CC)C1. The van der Waals surface area contributed by atoms with E-state index in [0.29, 0.717) is 18.9 Å². The lowest BCUT2D eigenvalue weighted by molar-refractivity contribution is -0.134. The highest BCUT2D eigenvalue weighted by atomic mass is 16.2. The van der Waals surface area contributed by atoms with E-state index in [1.807, 2.05) is 47.6 Å². The number of likely N-dealkylation sites (tertiary alicyclic amines) is 1. The van der Waals surface area contributed by atoms with E-state index in [2.05, 4.69) is 10.3 Å². The molecule has 1 saturated heterocycles. The molecular weight excluding hydrogens is 316 g/mol. The van der Waals surface area contributed by atoms with Gasteiger partial charge in [0.1, 0.15) is 0 Å². The summed E-state index contributed by atoms with van der Waals surface area (Å²) in [7, 11) is 0. The summed E-state index contributed by atoms with van der Waals surface area (Å²) >= 11 is 0. The molecule has 0 radical (unpaired) electrons. The van der Waals surface area contributed by atoms with Crippen LogP contribution in [0.3, 0.4) is 0 Å². The molecule has 1 aliphatic heterocycles. The molecule has 0 unspecified atom stereocenters. The Morgan fingerprint density at radius 2 is 2.08 bits per heavy atom. The van der Waals surface area contributed by atoms with Crippen LogP contribution < -0.4 is 5.32 Å². The van der Waals surface area contributed by atoms with Crippen molar-refractivity contribution in [2.24, 2.45) is 5.92 Å². The number of carbonyl (C=O) groups excluding carboxylic acids is 2. The zero-order valence-corrected chi connectivity index (χ0v) is 15.0. The van der Waals surface area contributed by atoms with E-state index >= 15 is 0 Å². The predicted molar refractivity (Wildman–Crippen MR) is 98.2 cm³/mol. The quantitative estimate of drug-likeness (QED) is 0.908. The van der Waals surface area contributed by atoms with Gasteiger partial charge in [-0.05, 0) is 38.3 Å². The maximum atomic E-state index is 12.7. The predicted octanol–water partition coefficient (Wildman–Crippen LogP) is 3.03. The Balaban J connectivity index is 1.73. The third-order valence-corrected chi connectivity index (χ3v) is 4.81. The van der Waals surface area contributed by atoms with Gasteiger partial charge in [-0.1, -0.05) is 19.1 Å². The standard InChI is InChI=1S/C19H26N4O2/c1-3-8-17(24)22-12-7-9-14(13-22)18(25)21-19-20-15-10-5-6-11-16(15)23(19)4-2/h5-6,10-11,14H,3-4,7-9,12-13H2,1-2H3,(H,20,21,25)/t14-/m1/s1. The Kier molecular flexibility index (Phi) is 5.36. The fourth-order valence-corrected chi connectivity index (χ4v) is 3.49. The summed E-state index contributed by atoms with van der Waals surface area (Å²) in [5.74, 6) is 0.533. The summed E-state index contributed by atoms with van der Waals surface area (Å²) in [6, 6.07) is 7.87. The van der Waals surface area contributed by atoms with E-state index in [1.165, 1.54) is 0 Å². The first kappa shape index (κ1) is 17.5. The van der Waals surface area contributed by atoms with Crippen molar-refractivity contribution in [1.29, 1.82) is 0 Å². The first-order valence-electron chi connectivity index (χ1n) is 9.18. The molecule has 1 N–H and O–H groups in total. The molecule has 2 aromatic rings. The normalized spacial score (nSPS) is 17.7. The molecule has 0 spiro atoms. The van der Waals surface area contributed by atoms with Crippen LogP contribution in [-0.4, -0.2) is 39.4 Å². The Morgan fingerprint density at radius 3 is 2.84 bits per heavy atom. The van der Waals surface area contributed by atoms with Gasteiger partial charge < -0.3 is 9.47 Å². The smallest absolute Gasteiger partial charge is 0.231 e. The van der Waals surface area contributed by atoms with E-state index in [-0.39, 0.29) is 17.7 Å². The van der Waals surface area contributed by atoms with Gasteiger partial charge in [0.25, 0.3) is 0 Å². The second-order valence-electron chi connectivity index (χ2n) is 6.59. The van der Waals surface area contributed by atoms with Crippen molar-refractivity contribution in [3.8, 4) is 0 Å². The van der Waals surface area contributed by atoms with Crippen molar-refractivity contribution in [3.05, 3.63) is 24.3 Å². The Morgan fingerprint density at radius 1 is 1.28 bits per heavy atom. The number of nitrogens with one attached hydrogen (secondary N) is 1. The summed E-state index contributed by atoms with van der Waals surface area (Å²) in [5.41, 5.74) is 1.90. The Labute approximate surface area is 148 Å². The molecule has 0 saturated carbocycles. The maximum absolute atomic E-state index is 12.7. The molecule has 6 nitrogen and oxygen atoms in total. The molecular formula is C19H26N4O2. The first-order valence-corrected chi connectivity index (χ1v) is 9.18. The van der Waals surface area contributed by atoms with Gasteiger partial charge >= 0.3 is 0 Å². The van der Waals surface area contributed by atoms with Gasteiger partial charge in [0, 0.05) is 26.1 Å². The summed E-state index contributed by atoms with van der Waals surface area (Å²) in [5, 5.41) is 2.99. The van der Waals surface area contributed by atoms with E-state index in [1.54, 1.807) is 0 Å². The van der Waals surface area contributed by atoms with Crippen molar-refractivity contribution in [2.45, 2.75) is 46.1 Å². The number of aromatic nitrogens is 2. The van der Waals surface area contributed by atoms with Crippen LogP contribution in [0.2, 0.25) is 0 Å². The molecule has 0 aliphatic carbocycles. The minimum absolute atomic E-state index is 0.0426. The number of piperidine rings is 1. The van der Waals surface area contributed by atoms with Gasteiger partial charge in [-0.15, -0.1) is 0 Å². The monoisotopic (exact) mass is 342 g/mol. The molecule has 0 bridgehead atoms. The summed E-state index contributed by atoms with van der Waals surface area (Å²) in [4.78, 5) is 31.2. The van der Waals surface area contributed by atoms with Crippen molar-refractivity contribution in [1.82, 2.24) is 14.5 Å². The minimum Gasteiger partial charge on any atom is -0.342 e. The van der Waals surface area contributed by atoms with Crippen LogP contribution in [0.4, 0.5) is 5.95 Å². The zero-order chi connectivity index (χ0) is 17.8. The number of hydrogen-bond donors (Lipinski definition) is 1. The molecule has 2 amide bonds. The highest BCUT2D eigenvalue weighted by Gasteiger charge is 2.28. The van der Waals surface area contributed by atoms with Gasteiger partial charge in [-0.2, -0.15) is 0 Å². The Bertz CT molecular complexity index is 768. The number of anilines is 1. The molecule has 134 valence electrons. The number of hydrogen-bond acceptors (Lipinski definition) is 3. The van der Waals surface area contributed by atoms with Crippen LogP contribution in [0.25, 0.3) is 11.0 Å². The molecule has 1 aliphatic rings. The van der Waals surface area contributed by atoms with Crippen molar-refractivity contribution in [2.75, 3.05) is 18.4 Å². The van der Waals surface area contributed by atoms with Crippen LogP contribution in [-0.2, 0) is 16.1 Å². The molecule has 25 heavy (non-hydrogen) atoms. The van der Waals surface area contributed by atoms with Crippen LogP contribution in [0.15, 0.2) is 24.3 Å². The number of benzene rings is 1. The largest absolute Gasteiger partial charge is 0.342 e. The number of carbonyl (C=O) groups is 2. The van der Waals surface area contributed by atoms with Crippen LogP contribution in [0.1, 0.15) is 39.5 Å². The summed E-state index contributed by atoms with van der Waals surface area (Å²) in [6.45, 7) is 6.05. The molecule has 1 aromatic heterocycles. The average Bonchev–Trinajstić information content (AvgIpc) is 2.99. The van der Waals surface area contributed by atoms with Gasteiger partial charge in [0.2, 0.25) is 17.8 Å². The molecule has 1 aromatic carbocycles. The number of para-hydroxylation sites is 2. The van der Waals surface area contributed by atoms with Crippen molar-refractivity contribution < 1.29 is 9.59 Å².